The van der Waals surface area contributed by atoms with Crippen LogP contribution in [-0.4, -0.2) is 30.6 Å². The Morgan fingerprint density at radius 3 is 2.82 bits per heavy atom. The molecule has 0 radical (unpaired) electrons. The molecule has 0 aliphatic heterocycles. The standard InChI is InChI=1S/C11H18N6/c1-9(2)12-6-10-4-5-14-17(10)7-11-13-8-15-16(11)3/h4-5,8-9,12H,6-7H2,1-3H3. The topological polar surface area (TPSA) is 60.6 Å². The monoisotopic (exact) mass is 234 g/mol. The molecule has 0 bridgehead atoms. The summed E-state index contributed by atoms with van der Waals surface area (Å²) in [6, 6.07) is 2.49. The number of aromatic nitrogens is 5. The first-order chi connectivity index (χ1) is 8.16. The van der Waals surface area contributed by atoms with Crippen molar-refractivity contribution in [2.24, 2.45) is 7.05 Å². The van der Waals surface area contributed by atoms with Crippen LogP contribution in [0, 0.1) is 0 Å². The number of nitrogens with zero attached hydrogens (tertiary/aromatic N) is 5. The molecule has 2 heterocycles. The molecule has 0 aromatic carbocycles. The first-order valence-electron chi connectivity index (χ1n) is 5.73. The van der Waals surface area contributed by atoms with E-state index in [0.717, 1.165) is 18.1 Å². The summed E-state index contributed by atoms with van der Waals surface area (Å²) in [6.07, 6.45) is 3.37. The summed E-state index contributed by atoms with van der Waals surface area (Å²) >= 11 is 0. The molecule has 0 fully saturated rings. The van der Waals surface area contributed by atoms with Crippen molar-refractivity contribution in [2.45, 2.75) is 33.0 Å². The van der Waals surface area contributed by atoms with Crippen LogP contribution in [0.15, 0.2) is 18.6 Å². The first-order valence-corrected chi connectivity index (χ1v) is 5.73. The zero-order valence-corrected chi connectivity index (χ0v) is 10.5. The number of aryl methyl sites for hydroxylation is 1. The van der Waals surface area contributed by atoms with Crippen LogP contribution in [-0.2, 0) is 20.1 Å². The molecule has 2 aromatic rings. The fraction of sp³-hybridized carbons (Fsp3) is 0.545. The molecule has 2 rings (SSSR count). The highest BCUT2D eigenvalue weighted by Crippen LogP contribution is 2.03. The molecular weight excluding hydrogens is 216 g/mol. The second kappa shape index (κ2) is 5.09. The van der Waals surface area contributed by atoms with Gasteiger partial charge in [0.1, 0.15) is 18.7 Å². The van der Waals surface area contributed by atoms with Crippen molar-refractivity contribution in [3.8, 4) is 0 Å². The number of nitrogens with one attached hydrogen (secondary N) is 1. The van der Waals surface area contributed by atoms with Gasteiger partial charge in [-0.1, -0.05) is 13.8 Å². The van der Waals surface area contributed by atoms with Crippen LogP contribution in [0.3, 0.4) is 0 Å². The molecular formula is C11H18N6. The quantitative estimate of drug-likeness (QED) is 0.821. The van der Waals surface area contributed by atoms with E-state index >= 15 is 0 Å². The molecule has 0 aliphatic rings. The third-order valence-corrected chi connectivity index (χ3v) is 2.59. The average molecular weight is 234 g/mol. The lowest BCUT2D eigenvalue weighted by atomic mass is 10.3. The number of hydrogen-bond donors (Lipinski definition) is 1. The van der Waals surface area contributed by atoms with E-state index in [2.05, 4.69) is 34.3 Å². The average Bonchev–Trinajstić information content (AvgIpc) is 2.87. The SMILES string of the molecule is CC(C)NCc1ccnn1Cc1ncnn1C. The Labute approximate surface area is 101 Å². The third-order valence-electron chi connectivity index (χ3n) is 2.59. The lowest BCUT2D eigenvalue weighted by Gasteiger charge is -2.10. The van der Waals surface area contributed by atoms with Gasteiger partial charge in [0.15, 0.2) is 0 Å². The Kier molecular flexibility index (Phi) is 3.53. The van der Waals surface area contributed by atoms with Gasteiger partial charge < -0.3 is 5.32 Å². The zero-order chi connectivity index (χ0) is 12.3. The molecule has 92 valence electrons. The van der Waals surface area contributed by atoms with E-state index in [1.807, 2.05) is 24.0 Å². The maximum atomic E-state index is 4.31. The molecule has 0 saturated heterocycles. The Bertz CT molecular complexity index is 470. The van der Waals surface area contributed by atoms with E-state index in [-0.39, 0.29) is 0 Å². The molecule has 2 aromatic heterocycles. The van der Waals surface area contributed by atoms with Crippen LogP contribution in [0.25, 0.3) is 0 Å². The molecule has 0 unspecified atom stereocenters. The Hall–Kier alpha value is -1.69. The third kappa shape index (κ3) is 2.91. The molecule has 6 nitrogen and oxygen atoms in total. The van der Waals surface area contributed by atoms with Crippen LogP contribution in [0.1, 0.15) is 25.4 Å². The van der Waals surface area contributed by atoms with Crippen molar-refractivity contribution in [1.82, 2.24) is 29.9 Å². The van der Waals surface area contributed by atoms with Crippen LogP contribution in [0.4, 0.5) is 0 Å². The molecule has 0 amide bonds. The first kappa shape index (κ1) is 11.8. The normalized spacial score (nSPS) is 11.3. The predicted molar refractivity (Wildman–Crippen MR) is 64.3 cm³/mol. The minimum Gasteiger partial charge on any atom is -0.309 e. The minimum atomic E-state index is 0.466. The summed E-state index contributed by atoms with van der Waals surface area (Å²) in [5.74, 6) is 0.902. The van der Waals surface area contributed by atoms with Gasteiger partial charge in [-0.2, -0.15) is 10.2 Å². The van der Waals surface area contributed by atoms with Gasteiger partial charge in [-0.15, -0.1) is 0 Å². The van der Waals surface area contributed by atoms with Crippen LogP contribution in [0.2, 0.25) is 0 Å². The van der Waals surface area contributed by atoms with Crippen LogP contribution < -0.4 is 5.32 Å². The van der Waals surface area contributed by atoms with Gasteiger partial charge in [0.05, 0.1) is 5.69 Å². The largest absolute Gasteiger partial charge is 0.309 e. The number of hydrogen-bond acceptors (Lipinski definition) is 4. The summed E-state index contributed by atoms with van der Waals surface area (Å²) in [4.78, 5) is 4.20. The lowest BCUT2D eigenvalue weighted by molar-refractivity contribution is 0.533. The van der Waals surface area contributed by atoms with Crippen molar-refractivity contribution in [3.05, 3.63) is 30.1 Å². The van der Waals surface area contributed by atoms with Gasteiger partial charge in [-0.3, -0.25) is 9.36 Å². The van der Waals surface area contributed by atoms with E-state index in [9.17, 15) is 0 Å². The van der Waals surface area contributed by atoms with E-state index in [4.69, 9.17) is 0 Å². The highest BCUT2D eigenvalue weighted by molar-refractivity contribution is 5.02. The molecule has 0 saturated carbocycles. The minimum absolute atomic E-state index is 0.466. The maximum Gasteiger partial charge on any atom is 0.148 e. The van der Waals surface area contributed by atoms with Crippen molar-refractivity contribution >= 4 is 0 Å². The predicted octanol–water partition coefficient (Wildman–Crippen LogP) is 0.558. The van der Waals surface area contributed by atoms with E-state index in [1.165, 1.54) is 0 Å². The second-order valence-corrected chi connectivity index (χ2v) is 4.32. The van der Waals surface area contributed by atoms with Gasteiger partial charge in [-0.05, 0) is 6.07 Å². The van der Waals surface area contributed by atoms with E-state index in [0.29, 0.717) is 12.6 Å². The summed E-state index contributed by atoms with van der Waals surface area (Å²) in [7, 11) is 1.89. The highest BCUT2D eigenvalue weighted by Gasteiger charge is 2.07. The Morgan fingerprint density at radius 2 is 2.18 bits per heavy atom. The van der Waals surface area contributed by atoms with E-state index in [1.54, 1.807) is 11.0 Å². The van der Waals surface area contributed by atoms with Crippen molar-refractivity contribution in [1.29, 1.82) is 0 Å². The van der Waals surface area contributed by atoms with Crippen molar-refractivity contribution < 1.29 is 0 Å². The van der Waals surface area contributed by atoms with Crippen molar-refractivity contribution in [3.63, 3.8) is 0 Å². The molecule has 0 atom stereocenters. The van der Waals surface area contributed by atoms with Gasteiger partial charge in [0.25, 0.3) is 0 Å². The molecule has 6 heteroatoms. The Balaban J connectivity index is 2.06. The highest BCUT2D eigenvalue weighted by atomic mass is 15.4. The summed E-state index contributed by atoms with van der Waals surface area (Å²) in [6.45, 7) is 5.72. The van der Waals surface area contributed by atoms with Crippen LogP contribution in [0.5, 0.6) is 0 Å². The fourth-order valence-electron chi connectivity index (χ4n) is 1.56. The second-order valence-electron chi connectivity index (χ2n) is 4.32. The summed E-state index contributed by atoms with van der Waals surface area (Å²) in [5.41, 5.74) is 1.15. The summed E-state index contributed by atoms with van der Waals surface area (Å²) in [5, 5.41) is 11.7. The fourth-order valence-corrected chi connectivity index (χ4v) is 1.56. The molecule has 0 aliphatic carbocycles. The van der Waals surface area contributed by atoms with Crippen LogP contribution >= 0.6 is 0 Å². The van der Waals surface area contributed by atoms with Gasteiger partial charge in [0.2, 0.25) is 0 Å². The zero-order valence-electron chi connectivity index (χ0n) is 10.5. The van der Waals surface area contributed by atoms with Gasteiger partial charge in [-0.25, -0.2) is 4.98 Å². The Morgan fingerprint density at radius 1 is 1.35 bits per heavy atom. The summed E-state index contributed by atoms with van der Waals surface area (Å²) < 4.78 is 3.71. The van der Waals surface area contributed by atoms with Crippen molar-refractivity contribution in [2.75, 3.05) is 0 Å². The molecule has 17 heavy (non-hydrogen) atoms. The van der Waals surface area contributed by atoms with Gasteiger partial charge >= 0.3 is 0 Å². The molecule has 1 N–H and O–H groups in total. The van der Waals surface area contributed by atoms with E-state index < -0.39 is 0 Å². The van der Waals surface area contributed by atoms with Gasteiger partial charge in [0, 0.05) is 25.8 Å². The lowest BCUT2D eigenvalue weighted by Crippen LogP contribution is -2.24. The smallest absolute Gasteiger partial charge is 0.148 e. The number of rotatable bonds is 5. The molecule has 0 spiro atoms. The maximum absolute atomic E-state index is 4.31.